The van der Waals surface area contributed by atoms with Gasteiger partial charge in [-0.1, -0.05) is 5.16 Å². The van der Waals surface area contributed by atoms with Crippen molar-refractivity contribution in [2.45, 2.75) is 19.1 Å². The average Bonchev–Trinajstić information content (AvgIpc) is 3.10. The Hall–Kier alpha value is -3.03. The van der Waals surface area contributed by atoms with Crippen LogP contribution in [0.2, 0.25) is 0 Å². The van der Waals surface area contributed by atoms with Crippen molar-refractivity contribution >= 4 is 11.7 Å². The molecule has 0 radical (unpaired) electrons. The quantitative estimate of drug-likeness (QED) is 0.837. The van der Waals surface area contributed by atoms with Gasteiger partial charge in [-0.05, 0) is 12.1 Å². The number of carbonyl (C=O) groups is 1. The van der Waals surface area contributed by atoms with Gasteiger partial charge in [0.25, 0.3) is 0 Å². The Kier molecular flexibility index (Phi) is 5.73. The zero-order chi connectivity index (χ0) is 18.4. The lowest BCUT2D eigenvalue weighted by atomic mass is 10.2. The van der Waals surface area contributed by atoms with Gasteiger partial charge in [-0.3, -0.25) is 0 Å². The minimum Gasteiger partial charge on any atom is -0.377 e. The number of hydrogen-bond acceptors (Lipinski definition) is 8. The number of urea groups is 1. The number of aromatic nitrogens is 3. The van der Waals surface area contributed by atoms with E-state index in [2.05, 4.69) is 20.4 Å². The molecule has 0 unspecified atom stereocenters. The summed E-state index contributed by atoms with van der Waals surface area (Å²) in [6.07, 6.45) is 1.63. The van der Waals surface area contributed by atoms with E-state index in [1.807, 2.05) is 6.07 Å². The molecule has 1 atom stereocenters. The number of morpholine rings is 1. The second-order valence-corrected chi connectivity index (χ2v) is 5.65. The van der Waals surface area contributed by atoms with Crippen molar-refractivity contribution in [1.82, 2.24) is 20.0 Å². The summed E-state index contributed by atoms with van der Waals surface area (Å²) in [6.45, 7) is 1.58. The van der Waals surface area contributed by atoms with Gasteiger partial charge in [0.15, 0.2) is 5.82 Å². The van der Waals surface area contributed by atoms with E-state index in [0.717, 1.165) is 0 Å². The molecule has 1 saturated heterocycles. The molecule has 3 heterocycles. The maximum Gasteiger partial charge on any atom is 0.322 e. The Morgan fingerprint density at radius 2 is 2.42 bits per heavy atom. The first-order valence-electron chi connectivity index (χ1n) is 8.02. The van der Waals surface area contributed by atoms with Crippen LogP contribution in [0.5, 0.6) is 0 Å². The number of anilines is 1. The van der Waals surface area contributed by atoms with Gasteiger partial charge >= 0.3 is 6.03 Å². The number of methoxy groups -OCH3 is 1. The molecule has 3 rings (SSSR count). The minimum absolute atomic E-state index is 0.232. The molecule has 0 saturated carbocycles. The highest BCUT2D eigenvalue weighted by atomic mass is 16.5. The fraction of sp³-hybridized carbons (Fsp3) is 0.438. The van der Waals surface area contributed by atoms with Crippen LogP contribution in [-0.2, 0) is 22.5 Å². The topological polar surface area (TPSA) is 126 Å². The second-order valence-electron chi connectivity index (χ2n) is 5.65. The van der Waals surface area contributed by atoms with Crippen molar-refractivity contribution in [1.29, 1.82) is 5.26 Å². The summed E-state index contributed by atoms with van der Waals surface area (Å²) < 4.78 is 15.8. The van der Waals surface area contributed by atoms with Crippen LogP contribution in [0, 0.1) is 11.3 Å². The molecule has 1 fully saturated rings. The molecule has 1 aliphatic heterocycles. The van der Waals surface area contributed by atoms with E-state index in [1.54, 1.807) is 24.1 Å². The number of nitrogens with one attached hydrogen (secondary N) is 1. The molecule has 2 aromatic heterocycles. The molecule has 0 aromatic carbocycles. The molecule has 1 N–H and O–H groups in total. The monoisotopic (exact) mass is 358 g/mol. The van der Waals surface area contributed by atoms with Crippen LogP contribution in [-0.4, -0.2) is 59.0 Å². The van der Waals surface area contributed by atoms with Crippen LogP contribution in [0.15, 0.2) is 22.9 Å². The summed E-state index contributed by atoms with van der Waals surface area (Å²) in [5.74, 6) is 0.918. The summed E-state index contributed by atoms with van der Waals surface area (Å²) in [6, 6.07) is 4.86. The number of hydrogen-bond donors (Lipinski definition) is 1. The number of ether oxygens (including phenoxy) is 2. The maximum absolute atomic E-state index is 12.4. The number of nitrogens with zero attached hydrogens (tertiary/aromatic N) is 5. The van der Waals surface area contributed by atoms with Gasteiger partial charge in [-0.25, -0.2) is 9.78 Å². The Labute approximate surface area is 149 Å². The molecule has 0 spiro atoms. The molecule has 2 aromatic rings. The number of amides is 2. The molecule has 0 bridgehead atoms. The fourth-order valence-electron chi connectivity index (χ4n) is 2.52. The predicted octanol–water partition coefficient (Wildman–Crippen LogP) is 0.958. The highest BCUT2D eigenvalue weighted by molar-refractivity contribution is 5.89. The Morgan fingerprint density at radius 3 is 3.15 bits per heavy atom. The van der Waals surface area contributed by atoms with Gasteiger partial charge in [0.2, 0.25) is 5.89 Å². The van der Waals surface area contributed by atoms with E-state index >= 15 is 0 Å². The first-order chi connectivity index (χ1) is 12.7. The van der Waals surface area contributed by atoms with E-state index in [-0.39, 0.29) is 18.7 Å². The van der Waals surface area contributed by atoms with Gasteiger partial charge in [0, 0.05) is 20.2 Å². The zero-order valence-electron chi connectivity index (χ0n) is 14.2. The summed E-state index contributed by atoms with van der Waals surface area (Å²) in [5.41, 5.74) is 0.819. The van der Waals surface area contributed by atoms with Crippen molar-refractivity contribution in [3.63, 3.8) is 0 Å². The van der Waals surface area contributed by atoms with Crippen LogP contribution >= 0.6 is 0 Å². The van der Waals surface area contributed by atoms with E-state index in [4.69, 9.17) is 19.3 Å². The summed E-state index contributed by atoms with van der Waals surface area (Å²) in [4.78, 5) is 22.2. The van der Waals surface area contributed by atoms with E-state index in [0.29, 0.717) is 49.2 Å². The summed E-state index contributed by atoms with van der Waals surface area (Å²) in [7, 11) is 1.56. The minimum atomic E-state index is -0.254. The lowest BCUT2D eigenvalue weighted by Crippen LogP contribution is -2.48. The average molecular weight is 358 g/mol. The standard InChI is InChI=1S/C16H18N6O4/c1-24-10-14-20-15(26-21-14)6-13-9-22(4-5-25-13)16(23)19-12-3-2-11(7-17)18-8-12/h2-3,8,13H,4-6,9-10H2,1H3,(H,19,23)/t13-/m1/s1. The third-order valence-corrected chi connectivity index (χ3v) is 3.74. The van der Waals surface area contributed by atoms with Crippen LogP contribution in [0.1, 0.15) is 17.4 Å². The molecule has 0 aliphatic carbocycles. The third kappa shape index (κ3) is 4.53. The second kappa shape index (κ2) is 8.37. The number of rotatable bonds is 5. The van der Waals surface area contributed by atoms with Crippen LogP contribution in [0.3, 0.4) is 0 Å². The predicted molar refractivity (Wildman–Crippen MR) is 88.0 cm³/mol. The highest BCUT2D eigenvalue weighted by Crippen LogP contribution is 2.13. The molecule has 10 heteroatoms. The van der Waals surface area contributed by atoms with Crippen LogP contribution < -0.4 is 5.32 Å². The van der Waals surface area contributed by atoms with Crippen LogP contribution in [0.4, 0.5) is 10.5 Å². The van der Waals surface area contributed by atoms with E-state index in [9.17, 15) is 4.79 Å². The van der Waals surface area contributed by atoms with Gasteiger partial charge < -0.3 is 24.2 Å². The first kappa shape index (κ1) is 17.8. The molecular formula is C16H18N6O4. The highest BCUT2D eigenvalue weighted by Gasteiger charge is 2.26. The lowest BCUT2D eigenvalue weighted by Gasteiger charge is -2.32. The third-order valence-electron chi connectivity index (χ3n) is 3.74. The van der Waals surface area contributed by atoms with Crippen molar-refractivity contribution in [3.8, 4) is 6.07 Å². The number of carbonyl (C=O) groups excluding carboxylic acids is 1. The van der Waals surface area contributed by atoms with Crippen molar-refractivity contribution < 1.29 is 18.8 Å². The molecule has 10 nitrogen and oxygen atoms in total. The number of nitriles is 1. The van der Waals surface area contributed by atoms with Gasteiger partial charge in [-0.2, -0.15) is 10.2 Å². The smallest absolute Gasteiger partial charge is 0.322 e. The van der Waals surface area contributed by atoms with E-state index in [1.165, 1.54) is 6.20 Å². The molecule has 26 heavy (non-hydrogen) atoms. The lowest BCUT2D eigenvalue weighted by molar-refractivity contribution is -0.0148. The summed E-state index contributed by atoms with van der Waals surface area (Å²) >= 11 is 0. The first-order valence-corrected chi connectivity index (χ1v) is 8.02. The van der Waals surface area contributed by atoms with Crippen LogP contribution in [0.25, 0.3) is 0 Å². The van der Waals surface area contributed by atoms with Crippen molar-refractivity contribution in [2.24, 2.45) is 0 Å². The molecule has 1 aliphatic rings. The fourth-order valence-corrected chi connectivity index (χ4v) is 2.52. The van der Waals surface area contributed by atoms with Gasteiger partial charge in [0.05, 0.1) is 31.0 Å². The maximum atomic E-state index is 12.4. The summed E-state index contributed by atoms with van der Waals surface area (Å²) in [5, 5.41) is 15.3. The van der Waals surface area contributed by atoms with E-state index < -0.39 is 0 Å². The number of pyridine rings is 1. The van der Waals surface area contributed by atoms with Crippen molar-refractivity contribution in [3.05, 3.63) is 35.7 Å². The SMILES string of the molecule is COCc1noc(C[C@@H]2CN(C(=O)Nc3ccc(C#N)nc3)CCO2)n1. The normalized spacial score (nSPS) is 16.9. The molecule has 136 valence electrons. The largest absolute Gasteiger partial charge is 0.377 e. The Morgan fingerprint density at radius 1 is 1.54 bits per heavy atom. The molecular weight excluding hydrogens is 340 g/mol. The van der Waals surface area contributed by atoms with Gasteiger partial charge in [-0.15, -0.1) is 0 Å². The molecule has 2 amide bonds. The Bertz CT molecular complexity index is 785. The van der Waals surface area contributed by atoms with Gasteiger partial charge in [0.1, 0.15) is 18.4 Å². The van der Waals surface area contributed by atoms with Crippen molar-refractivity contribution in [2.75, 3.05) is 32.1 Å². The Balaban J connectivity index is 1.54. The zero-order valence-corrected chi connectivity index (χ0v) is 14.2.